The van der Waals surface area contributed by atoms with Gasteiger partial charge in [0.25, 0.3) is 0 Å². The van der Waals surface area contributed by atoms with Gasteiger partial charge in [0.1, 0.15) is 12.4 Å². The summed E-state index contributed by atoms with van der Waals surface area (Å²) in [4.78, 5) is 28.7. The number of aromatic nitrogens is 2. The standard InChI is InChI=1S/C31H39ClN6O3/c1-36-16-6-10-23(36)21-41-31-34-26-20-38(27-12-5-9-22-8-4-11-25(32)29(22)27)17-14-24(26)30(35-31)37(2)18-15-33-28(39)13-7-19-40-3/h4-5,7-9,11-13,23H,6,10,14-21H2,1-3H3,(H,33,39)/b13-7+/t23-/m0/s1. The first-order chi connectivity index (χ1) is 19.9. The molecular formula is C31H39ClN6O3. The molecule has 1 saturated heterocycles. The smallest absolute Gasteiger partial charge is 0.318 e. The van der Waals surface area contributed by atoms with Crippen LogP contribution in [-0.2, 0) is 22.5 Å². The van der Waals surface area contributed by atoms with Crippen LogP contribution < -0.4 is 19.9 Å². The fourth-order valence-corrected chi connectivity index (χ4v) is 5.92. The lowest BCUT2D eigenvalue weighted by Crippen LogP contribution is -2.36. The van der Waals surface area contributed by atoms with Gasteiger partial charge in [-0.3, -0.25) is 4.79 Å². The second-order valence-electron chi connectivity index (χ2n) is 10.7. The molecule has 1 N–H and O–H groups in total. The van der Waals surface area contributed by atoms with Crippen molar-refractivity contribution in [2.75, 3.05) is 70.4 Å². The highest BCUT2D eigenvalue weighted by Gasteiger charge is 2.27. The van der Waals surface area contributed by atoms with Gasteiger partial charge in [0.2, 0.25) is 5.91 Å². The Hall–Kier alpha value is -3.40. The molecule has 2 aliphatic rings. The molecule has 9 nitrogen and oxygen atoms in total. The molecule has 0 radical (unpaired) electrons. The van der Waals surface area contributed by atoms with Gasteiger partial charge in [0.05, 0.1) is 23.9 Å². The second-order valence-corrected chi connectivity index (χ2v) is 11.1. The highest BCUT2D eigenvalue weighted by molar-refractivity contribution is 6.36. The lowest BCUT2D eigenvalue weighted by Gasteiger charge is -2.33. The zero-order valence-electron chi connectivity index (χ0n) is 24.1. The number of amides is 1. The van der Waals surface area contributed by atoms with E-state index in [-0.39, 0.29) is 5.91 Å². The van der Waals surface area contributed by atoms with Crippen molar-refractivity contribution in [3.05, 3.63) is 64.8 Å². The van der Waals surface area contributed by atoms with E-state index in [9.17, 15) is 4.79 Å². The lowest BCUT2D eigenvalue weighted by atomic mass is 10.0. The van der Waals surface area contributed by atoms with Crippen molar-refractivity contribution in [2.24, 2.45) is 0 Å². The van der Waals surface area contributed by atoms with Gasteiger partial charge in [-0.1, -0.05) is 41.9 Å². The number of halogens is 1. The highest BCUT2D eigenvalue weighted by Crippen LogP contribution is 2.36. The van der Waals surface area contributed by atoms with Crippen LogP contribution in [0.2, 0.25) is 5.02 Å². The van der Waals surface area contributed by atoms with Crippen molar-refractivity contribution in [3.8, 4) is 6.01 Å². The van der Waals surface area contributed by atoms with E-state index < -0.39 is 0 Å². The van der Waals surface area contributed by atoms with E-state index in [4.69, 9.17) is 31.0 Å². The highest BCUT2D eigenvalue weighted by atomic mass is 35.5. The Bertz CT molecular complexity index is 1390. The number of likely N-dealkylation sites (tertiary alicyclic amines) is 1. The number of benzene rings is 2. The van der Waals surface area contributed by atoms with Gasteiger partial charge in [-0.2, -0.15) is 9.97 Å². The van der Waals surface area contributed by atoms with Crippen molar-refractivity contribution in [1.82, 2.24) is 20.2 Å². The first-order valence-corrected chi connectivity index (χ1v) is 14.6. The fraction of sp³-hybridized carbons (Fsp3) is 0.452. The van der Waals surface area contributed by atoms with Crippen LogP contribution in [0.1, 0.15) is 24.1 Å². The van der Waals surface area contributed by atoms with Gasteiger partial charge < -0.3 is 29.5 Å². The van der Waals surface area contributed by atoms with Crippen LogP contribution in [0.3, 0.4) is 0 Å². The maximum atomic E-state index is 12.1. The largest absolute Gasteiger partial charge is 0.462 e. The zero-order chi connectivity index (χ0) is 28.8. The number of hydrogen-bond acceptors (Lipinski definition) is 8. The number of carbonyl (C=O) groups is 1. The molecule has 0 bridgehead atoms. The van der Waals surface area contributed by atoms with Gasteiger partial charge >= 0.3 is 6.01 Å². The van der Waals surface area contributed by atoms with E-state index >= 15 is 0 Å². The quantitative estimate of drug-likeness (QED) is 0.341. The number of ether oxygens (including phenoxy) is 2. The predicted octanol–water partition coefficient (Wildman–Crippen LogP) is 4.07. The number of methoxy groups -OCH3 is 1. The Labute approximate surface area is 247 Å². The Kier molecular flexibility index (Phi) is 9.59. The van der Waals surface area contributed by atoms with Crippen molar-refractivity contribution < 1.29 is 14.3 Å². The van der Waals surface area contributed by atoms with Crippen LogP contribution in [0, 0.1) is 0 Å². The maximum absolute atomic E-state index is 12.1. The third-order valence-corrected chi connectivity index (χ3v) is 8.23. The number of nitrogens with zero attached hydrogens (tertiary/aromatic N) is 5. The molecule has 1 aromatic heterocycles. The number of likely N-dealkylation sites (N-methyl/N-ethyl adjacent to an activating group) is 2. The fourth-order valence-electron chi connectivity index (χ4n) is 5.64. The second kappa shape index (κ2) is 13.5. The Morgan fingerprint density at radius 1 is 1.22 bits per heavy atom. The molecule has 0 spiro atoms. The molecule has 3 heterocycles. The van der Waals surface area contributed by atoms with Crippen molar-refractivity contribution >= 4 is 39.8 Å². The van der Waals surface area contributed by atoms with Crippen LogP contribution >= 0.6 is 11.6 Å². The average molecular weight is 579 g/mol. The van der Waals surface area contributed by atoms with E-state index in [0.29, 0.717) is 44.9 Å². The summed E-state index contributed by atoms with van der Waals surface area (Å²) in [7, 11) is 5.74. The lowest BCUT2D eigenvalue weighted by molar-refractivity contribution is -0.116. The summed E-state index contributed by atoms with van der Waals surface area (Å²) in [6.45, 7) is 4.57. The third-order valence-electron chi connectivity index (χ3n) is 7.91. The van der Waals surface area contributed by atoms with Gasteiger partial charge in [-0.25, -0.2) is 0 Å². The maximum Gasteiger partial charge on any atom is 0.318 e. The van der Waals surface area contributed by atoms with Gasteiger partial charge in [-0.15, -0.1) is 0 Å². The summed E-state index contributed by atoms with van der Waals surface area (Å²) in [5.41, 5.74) is 3.18. The molecule has 1 atom stereocenters. The first kappa shape index (κ1) is 29.1. The average Bonchev–Trinajstić information content (AvgIpc) is 3.39. The number of nitrogens with one attached hydrogen (secondary N) is 1. The summed E-state index contributed by atoms with van der Waals surface area (Å²) in [6.07, 6.45) is 6.27. The molecule has 0 unspecified atom stereocenters. The molecule has 2 aromatic carbocycles. The normalized spacial score (nSPS) is 17.3. The van der Waals surface area contributed by atoms with Crippen molar-refractivity contribution in [3.63, 3.8) is 0 Å². The van der Waals surface area contributed by atoms with Crippen LogP contribution in [0.5, 0.6) is 6.01 Å². The molecule has 2 aliphatic heterocycles. The number of rotatable bonds is 11. The molecule has 10 heteroatoms. The summed E-state index contributed by atoms with van der Waals surface area (Å²) in [5, 5.41) is 5.85. The molecule has 41 heavy (non-hydrogen) atoms. The molecule has 1 fully saturated rings. The van der Waals surface area contributed by atoms with Crippen LogP contribution in [0.4, 0.5) is 11.5 Å². The van der Waals surface area contributed by atoms with Crippen molar-refractivity contribution in [1.29, 1.82) is 0 Å². The number of fused-ring (bicyclic) bond motifs is 2. The predicted molar refractivity (Wildman–Crippen MR) is 164 cm³/mol. The van der Waals surface area contributed by atoms with Gasteiger partial charge in [-0.05, 0) is 50.4 Å². The molecule has 0 aliphatic carbocycles. The monoisotopic (exact) mass is 578 g/mol. The van der Waals surface area contributed by atoms with Crippen LogP contribution in [0.25, 0.3) is 10.8 Å². The Morgan fingerprint density at radius 2 is 2.05 bits per heavy atom. The minimum atomic E-state index is -0.144. The Morgan fingerprint density at radius 3 is 2.83 bits per heavy atom. The number of anilines is 2. The van der Waals surface area contributed by atoms with Gasteiger partial charge in [0.15, 0.2) is 0 Å². The molecule has 218 valence electrons. The first-order valence-electron chi connectivity index (χ1n) is 14.2. The Balaban J connectivity index is 1.38. The van der Waals surface area contributed by atoms with E-state index in [1.807, 2.05) is 19.2 Å². The molecule has 3 aromatic rings. The van der Waals surface area contributed by atoms with Gasteiger partial charge in [0, 0.05) is 62.5 Å². The summed E-state index contributed by atoms with van der Waals surface area (Å²) in [6, 6.07) is 13.1. The summed E-state index contributed by atoms with van der Waals surface area (Å²) < 4.78 is 11.2. The van der Waals surface area contributed by atoms with E-state index in [2.05, 4.69) is 51.3 Å². The van der Waals surface area contributed by atoms with E-state index in [1.165, 1.54) is 12.5 Å². The SMILES string of the molecule is COC/C=C/C(=O)NCCN(C)c1nc(OC[C@@H]2CCCN2C)nc2c1CCN(c1cccc3cccc(Cl)c13)C2. The third kappa shape index (κ3) is 6.92. The topological polar surface area (TPSA) is 83.1 Å². The molecule has 1 amide bonds. The molecule has 5 rings (SSSR count). The summed E-state index contributed by atoms with van der Waals surface area (Å²) in [5.74, 6) is 0.707. The molecule has 0 saturated carbocycles. The van der Waals surface area contributed by atoms with Crippen LogP contribution in [-0.4, -0.2) is 87.4 Å². The van der Waals surface area contributed by atoms with Crippen molar-refractivity contribution in [2.45, 2.75) is 31.8 Å². The number of carbonyl (C=O) groups excluding carboxylic acids is 1. The minimum absolute atomic E-state index is 0.144. The van der Waals surface area contributed by atoms with Crippen LogP contribution in [0.15, 0.2) is 48.6 Å². The zero-order valence-corrected chi connectivity index (χ0v) is 24.9. The number of hydrogen-bond donors (Lipinski definition) is 1. The summed E-state index contributed by atoms with van der Waals surface area (Å²) >= 11 is 6.67. The van der Waals surface area contributed by atoms with E-state index in [0.717, 1.165) is 64.5 Å². The minimum Gasteiger partial charge on any atom is -0.462 e. The molecular weight excluding hydrogens is 540 g/mol. The van der Waals surface area contributed by atoms with E-state index in [1.54, 1.807) is 13.2 Å².